The number of halogens is 2. The van der Waals surface area contributed by atoms with Crippen LogP contribution in [0, 0.1) is 13.8 Å². The molecule has 4 nitrogen and oxygen atoms in total. The first kappa shape index (κ1) is 18.5. The van der Waals surface area contributed by atoms with Gasteiger partial charge in [-0.05, 0) is 50.1 Å². The fraction of sp³-hybridized carbons (Fsp3) is 0.200. The minimum absolute atomic E-state index is 0.394. The van der Waals surface area contributed by atoms with Gasteiger partial charge in [-0.2, -0.15) is 5.10 Å². The van der Waals surface area contributed by atoms with E-state index in [1.807, 2.05) is 54.9 Å². The predicted molar refractivity (Wildman–Crippen MR) is 105 cm³/mol. The number of aromatic nitrogens is 2. The summed E-state index contributed by atoms with van der Waals surface area (Å²) >= 11 is 12.1. The van der Waals surface area contributed by atoms with E-state index in [0.29, 0.717) is 16.5 Å². The molecule has 3 aromatic rings. The SMILES string of the molecule is Cc1nn(-c2ccccc2)c(C)c1C(Cc1ccc(Cl)c(Cl)c1)C(N)=O. The molecule has 1 aromatic heterocycles. The molecule has 1 atom stereocenters. The van der Waals surface area contributed by atoms with Crippen molar-refractivity contribution in [3.8, 4) is 5.69 Å². The molecule has 0 radical (unpaired) electrons. The fourth-order valence-corrected chi connectivity index (χ4v) is 3.55. The highest BCUT2D eigenvalue weighted by Gasteiger charge is 2.26. The molecule has 0 fully saturated rings. The Labute approximate surface area is 162 Å². The molecule has 0 aliphatic rings. The molecule has 0 saturated heterocycles. The largest absolute Gasteiger partial charge is 0.369 e. The number of hydrogen-bond acceptors (Lipinski definition) is 2. The molecule has 26 heavy (non-hydrogen) atoms. The zero-order chi connectivity index (χ0) is 18.8. The van der Waals surface area contributed by atoms with Gasteiger partial charge < -0.3 is 5.73 Å². The molecular formula is C20H19Cl2N3O. The summed E-state index contributed by atoms with van der Waals surface area (Å²) in [5.74, 6) is -0.889. The molecule has 0 spiro atoms. The smallest absolute Gasteiger partial charge is 0.225 e. The first-order chi connectivity index (χ1) is 12.4. The Morgan fingerprint density at radius 1 is 1.12 bits per heavy atom. The molecule has 1 heterocycles. The van der Waals surface area contributed by atoms with Crippen LogP contribution in [0.4, 0.5) is 0 Å². The van der Waals surface area contributed by atoms with Gasteiger partial charge in [0.2, 0.25) is 5.91 Å². The third kappa shape index (κ3) is 3.62. The zero-order valence-electron chi connectivity index (χ0n) is 14.5. The van der Waals surface area contributed by atoms with Gasteiger partial charge in [0.05, 0.1) is 27.3 Å². The van der Waals surface area contributed by atoms with Crippen LogP contribution in [0.1, 0.15) is 28.4 Å². The number of carbonyl (C=O) groups excluding carboxylic acids is 1. The third-order valence-electron chi connectivity index (χ3n) is 4.46. The van der Waals surface area contributed by atoms with Gasteiger partial charge in [0.1, 0.15) is 0 Å². The summed E-state index contributed by atoms with van der Waals surface area (Å²) in [4.78, 5) is 12.2. The van der Waals surface area contributed by atoms with Crippen LogP contribution < -0.4 is 5.73 Å². The maximum Gasteiger partial charge on any atom is 0.225 e. The van der Waals surface area contributed by atoms with Crippen LogP contribution in [0.25, 0.3) is 5.69 Å². The van der Waals surface area contributed by atoms with Crippen molar-refractivity contribution >= 4 is 29.1 Å². The Bertz CT molecular complexity index is 951. The summed E-state index contributed by atoms with van der Waals surface area (Å²) in [6, 6.07) is 15.2. The van der Waals surface area contributed by atoms with E-state index in [9.17, 15) is 4.79 Å². The summed E-state index contributed by atoms with van der Waals surface area (Å²) in [5.41, 5.74) is 10.1. The number of primary amides is 1. The lowest BCUT2D eigenvalue weighted by Crippen LogP contribution is -2.24. The maximum atomic E-state index is 12.2. The van der Waals surface area contributed by atoms with E-state index in [4.69, 9.17) is 28.9 Å². The van der Waals surface area contributed by atoms with Crippen LogP contribution in [-0.2, 0) is 11.2 Å². The van der Waals surface area contributed by atoms with Gasteiger partial charge in [-0.1, -0.05) is 47.5 Å². The first-order valence-corrected chi connectivity index (χ1v) is 8.99. The van der Waals surface area contributed by atoms with Gasteiger partial charge in [-0.15, -0.1) is 0 Å². The Morgan fingerprint density at radius 2 is 1.81 bits per heavy atom. The quantitative estimate of drug-likeness (QED) is 0.694. The van der Waals surface area contributed by atoms with E-state index in [1.165, 1.54) is 0 Å². The highest BCUT2D eigenvalue weighted by atomic mass is 35.5. The Balaban J connectivity index is 2.02. The molecule has 0 saturated carbocycles. The van der Waals surface area contributed by atoms with Crippen LogP contribution >= 0.6 is 23.2 Å². The van der Waals surface area contributed by atoms with Gasteiger partial charge in [0.25, 0.3) is 0 Å². The molecule has 2 N–H and O–H groups in total. The minimum Gasteiger partial charge on any atom is -0.369 e. The van der Waals surface area contributed by atoms with Crippen molar-refractivity contribution in [1.82, 2.24) is 9.78 Å². The van der Waals surface area contributed by atoms with Crippen LogP contribution in [0.3, 0.4) is 0 Å². The number of amides is 1. The molecule has 1 amide bonds. The van der Waals surface area contributed by atoms with Crippen LogP contribution in [0.5, 0.6) is 0 Å². The average molecular weight is 388 g/mol. The second-order valence-corrected chi connectivity index (χ2v) is 7.05. The Kier molecular flexibility index (Phi) is 5.35. The number of carbonyl (C=O) groups is 1. The normalized spacial score (nSPS) is 12.2. The summed E-state index contributed by atoms with van der Waals surface area (Å²) in [7, 11) is 0. The number of para-hydroxylation sites is 1. The molecule has 3 rings (SSSR count). The van der Waals surface area contributed by atoms with E-state index in [-0.39, 0.29) is 0 Å². The lowest BCUT2D eigenvalue weighted by molar-refractivity contribution is -0.119. The van der Waals surface area contributed by atoms with Crippen molar-refractivity contribution in [3.05, 3.63) is 81.1 Å². The van der Waals surface area contributed by atoms with E-state index in [1.54, 1.807) is 12.1 Å². The number of nitrogens with two attached hydrogens (primary N) is 1. The number of benzene rings is 2. The highest BCUT2D eigenvalue weighted by Crippen LogP contribution is 2.30. The van der Waals surface area contributed by atoms with E-state index >= 15 is 0 Å². The molecule has 0 aliphatic carbocycles. The number of aryl methyl sites for hydroxylation is 1. The van der Waals surface area contributed by atoms with Crippen molar-refractivity contribution in [3.63, 3.8) is 0 Å². The molecule has 0 bridgehead atoms. The summed E-state index contributed by atoms with van der Waals surface area (Å²) in [6.45, 7) is 3.85. The minimum atomic E-state index is -0.496. The standard InChI is InChI=1S/C20H19Cl2N3O/c1-12-19(13(2)25(24-12)15-6-4-3-5-7-15)16(20(23)26)10-14-8-9-17(21)18(22)11-14/h3-9,11,16H,10H2,1-2H3,(H2,23,26). The number of rotatable bonds is 5. The van der Waals surface area contributed by atoms with Gasteiger partial charge in [-0.25, -0.2) is 4.68 Å². The maximum absolute atomic E-state index is 12.2. The zero-order valence-corrected chi connectivity index (χ0v) is 16.1. The molecule has 1 unspecified atom stereocenters. The van der Waals surface area contributed by atoms with Crippen LogP contribution in [0.15, 0.2) is 48.5 Å². The lowest BCUT2D eigenvalue weighted by Gasteiger charge is -2.15. The Morgan fingerprint density at radius 3 is 2.42 bits per heavy atom. The summed E-state index contributed by atoms with van der Waals surface area (Å²) in [6.07, 6.45) is 0.439. The van der Waals surface area contributed by atoms with Gasteiger partial charge >= 0.3 is 0 Å². The number of hydrogen-bond donors (Lipinski definition) is 1. The molecule has 2 aromatic carbocycles. The van der Waals surface area contributed by atoms with Crippen molar-refractivity contribution < 1.29 is 4.79 Å². The molecular weight excluding hydrogens is 369 g/mol. The van der Waals surface area contributed by atoms with Gasteiger partial charge in [0.15, 0.2) is 0 Å². The highest BCUT2D eigenvalue weighted by molar-refractivity contribution is 6.42. The van der Waals surface area contributed by atoms with Crippen molar-refractivity contribution in [2.75, 3.05) is 0 Å². The summed E-state index contributed by atoms with van der Waals surface area (Å²) in [5, 5.41) is 5.56. The lowest BCUT2D eigenvalue weighted by atomic mass is 9.90. The third-order valence-corrected chi connectivity index (χ3v) is 5.20. The summed E-state index contributed by atoms with van der Waals surface area (Å²) < 4.78 is 1.84. The van der Waals surface area contributed by atoms with Crippen molar-refractivity contribution in [1.29, 1.82) is 0 Å². The van der Waals surface area contributed by atoms with Crippen LogP contribution in [-0.4, -0.2) is 15.7 Å². The van der Waals surface area contributed by atoms with E-state index in [0.717, 1.165) is 28.2 Å². The average Bonchev–Trinajstić information content (AvgIpc) is 2.91. The second-order valence-electron chi connectivity index (χ2n) is 6.24. The molecule has 6 heteroatoms. The second kappa shape index (κ2) is 7.52. The molecule has 0 aliphatic heterocycles. The van der Waals surface area contributed by atoms with E-state index in [2.05, 4.69) is 5.10 Å². The van der Waals surface area contributed by atoms with E-state index < -0.39 is 11.8 Å². The Hall–Kier alpha value is -2.30. The topological polar surface area (TPSA) is 60.9 Å². The van der Waals surface area contributed by atoms with Crippen molar-refractivity contribution in [2.24, 2.45) is 5.73 Å². The van der Waals surface area contributed by atoms with Crippen molar-refractivity contribution in [2.45, 2.75) is 26.2 Å². The monoisotopic (exact) mass is 387 g/mol. The predicted octanol–water partition coefficient (Wildman–Crippen LogP) is 4.61. The van der Waals surface area contributed by atoms with Crippen LogP contribution in [0.2, 0.25) is 10.0 Å². The fourth-order valence-electron chi connectivity index (χ4n) is 3.23. The molecule has 134 valence electrons. The van der Waals surface area contributed by atoms with Gasteiger partial charge in [-0.3, -0.25) is 4.79 Å². The number of nitrogens with zero attached hydrogens (tertiary/aromatic N) is 2. The first-order valence-electron chi connectivity index (χ1n) is 8.23. The van der Waals surface area contributed by atoms with Gasteiger partial charge in [0, 0.05) is 11.3 Å².